The molecule has 164 valence electrons. The second-order valence-corrected chi connectivity index (χ2v) is 7.87. The van der Waals surface area contributed by atoms with E-state index in [0.29, 0.717) is 0 Å². The predicted molar refractivity (Wildman–Crippen MR) is 124 cm³/mol. The number of rotatable bonds is 8. The third-order valence-corrected chi connectivity index (χ3v) is 5.80. The van der Waals surface area contributed by atoms with Gasteiger partial charge in [-0.3, -0.25) is 9.89 Å². The Morgan fingerprint density at radius 1 is 1.10 bits per heavy atom. The Hall–Kier alpha value is -3.06. The van der Waals surface area contributed by atoms with Gasteiger partial charge in [-0.05, 0) is 68.2 Å². The molecule has 0 aliphatic carbocycles. The van der Waals surface area contributed by atoms with E-state index in [1.54, 1.807) is 12.5 Å². The lowest BCUT2D eigenvalue weighted by Crippen LogP contribution is -2.44. The molecule has 1 aromatic carbocycles. The minimum Gasteiger partial charge on any atom is -0.468 e. The molecule has 7 nitrogen and oxygen atoms in total. The highest BCUT2D eigenvalue weighted by atomic mass is 16.3. The standard InChI is InChI=1S/C24H32N6O/c1-25-24(26-14-12-20-8-10-21(11-9-20)30-17-6-13-28-30)27-19-22(23-7-5-18-31-23)29-15-3-2-4-16-29/h5-11,13,17-18,22H,2-4,12,14-16,19H2,1H3,(H2,25,26,27). The maximum Gasteiger partial charge on any atom is 0.191 e. The number of guanidine groups is 1. The Balaban J connectivity index is 1.27. The molecule has 1 saturated heterocycles. The lowest BCUT2D eigenvalue weighted by atomic mass is 10.1. The van der Waals surface area contributed by atoms with Crippen LogP contribution in [0.1, 0.15) is 36.6 Å². The molecule has 1 unspecified atom stereocenters. The van der Waals surface area contributed by atoms with Gasteiger partial charge in [0.15, 0.2) is 5.96 Å². The van der Waals surface area contributed by atoms with E-state index in [4.69, 9.17) is 4.42 Å². The number of nitrogens with one attached hydrogen (secondary N) is 2. The first kappa shape index (κ1) is 21.2. The first-order valence-corrected chi connectivity index (χ1v) is 11.1. The second-order valence-electron chi connectivity index (χ2n) is 7.87. The van der Waals surface area contributed by atoms with Gasteiger partial charge in [-0.1, -0.05) is 18.6 Å². The third kappa shape index (κ3) is 5.76. The largest absolute Gasteiger partial charge is 0.468 e. The van der Waals surface area contributed by atoms with Gasteiger partial charge in [0, 0.05) is 32.5 Å². The molecule has 3 aromatic rings. The van der Waals surface area contributed by atoms with E-state index in [2.05, 4.69) is 56.0 Å². The minimum absolute atomic E-state index is 0.226. The molecule has 1 aliphatic rings. The van der Waals surface area contributed by atoms with Crippen molar-refractivity contribution in [2.45, 2.75) is 31.7 Å². The number of furan rings is 1. The maximum absolute atomic E-state index is 5.74. The molecule has 0 radical (unpaired) electrons. The van der Waals surface area contributed by atoms with Gasteiger partial charge in [-0.2, -0.15) is 5.10 Å². The van der Waals surface area contributed by atoms with Gasteiger partial charge in [0.05, 0.1) is 18.0 Å². The number of piperidine rings is 1. The fraction of sp³-hybridized carbons (Fsp3) is 0.417. The fourth-order valence-electron chi connectivity index (χ4n) is 4.10. The molecule has 1 fully saturated rings. The topological polar surface area (TPSA) is 70.6 Å². The Morgan fingerprint density at radius 2 is 1.94 bits per heavy atom. The number of hydrogen-bond donors (Lipinski definition) is 2. The summed E-state index contributed by atoms with van der Waals surface area (Å²) in [6, 6.07) is 14.7. The molecule has 7 heteroatoms. The summed E-state index contributed by atoms with van der Waals surface area (Å²) in [4.78, 5) is 6.92. The number of hydrogen-bond acceptors (Lipinski definition) is 4. The summed E-state index contributed by atoms with van der Waals surface area (Å²) in [6.07, 6.45) is 10.3. The molecule has 4 rings (SSSR count). The van der Waals surface area contributed by atoms with Crippen LogP contribution in [0.5, 0.6) is 0 Å². The van der Waals surface area contributed by atoms with Gasteiger partial charge < -0.3 is 15.1 Å². The Kier molecular flexibility index (Phi) is 7.39. The van der Waals surface area contributed by atoms with E-state index in [1.807, 2.05) is 30.1 Å². The summed E-state index contributed by atoms with van der Waals surface area (Å²) in [5.74, 6) is 1.84. The number of likely N-dealkylation sites (tertiary alicyclic amines) is 1. The van der Waals surface area contributed by atoms with E-state index in [1.165, 1.54) is 24.8 Å². The van der Waals surface area contributed by atoms with Crippen LogP contribution < -0.4 is 10.6 Å². The molecule has 1 aliphatic heterocycles. The highest BCUT2D eigenvalue weighted by Crippen LogP contribution is 2.24. The van der Waals surface area contributed by atoms with Crippen LogP contribution in [-0.4, -0.2) is 53.9 Å². The van der Waals surface area contributed by atoms with Crippen molar-refractivity contribution in [1.29, 1.82) is 0 Å². The lowest BCUT2D eigenvalue weighted by Gasteiger charge is -2.33. The Bertz CT molecular complexity index is 912. The summed E-state index contributed by atoms with van der Waals surface area (Å²) in [7, 11) is 1.82. The zero-order valence-corrected chi connectivity index (χ0v) is 18.2. The first-order valence-electron chi connectivity index (χ1n) is 11.1. The smallest absolute Gasteiger partial charge is 0.191 e. The van der Waals surface area contributed by atoms with Crippen molar-refractivity contribution in [2.75, 3.05) is 33.2 Å². The highest BCUT2D eigenvalue weighted by molar-refractivity contribution is 5.79. The average Bonchev–Trinajstić information content (AvgIpc) is 3.54. The van der Waals surface area contributed by atoms with Crippen LogP contribution in [-0.2, 0) is 6.42 Å². The minimum atomic E-state index is 0.226. The van der Waals surface area contributed by atoms with Crippen LogP contribution in [0.25, 0.3) is 5.69 Å². The van der Waals surface area contributed by atoms with Crippen molar-refractivity contribution < 1.29 is 4.42 Å². The number of aromatic nitrogens is 2. The third-order valence-electron chi connectivity index (χ3n) is 5.80. The van der Waals surface area contributed by atoms with Gasteiger partial charge >= 0.3 is 0 Å². The normalized spacial score (nSPS) is 16.2. The summed E-state index contributed by atoms with van der Waals surface area (Å²) in [5, 5.41) is 11.2. The molecule has 0 bridgehead atoms. The van der Waals surface area contributed by atoms with Crippen LogP contribution in [0, 0.1) is 0 Å². The average molecular weight is 421 g/mol. The van der Waals surface area contributed by atoms with Crippen molar-refractivity contribution in [3.05, 3.63) is 72.4 Å². The SMILES string of the molecule is CN=C(NCCc1ccc(-n2cccn2)cc1)NCC(c1ccco1)N1CCCCC1. The molecule has 2 aromatic heterocycles. The molecule has 2 N–H and O–H groups in total. The monoisotopic (exact) mass is 420 g/mol. The summed E-state index contributed by atoms with van der Waals surface area (Å²) < 4.78 is 7.61. The molecule has 0 spiro atoms. The summed E-state index contributed by atoms with van der Waals surface area (Å²) in [6.45, 7) is 3.82. The van der Waals surface area contributed by atoms with Crippen molar-refractivity contribution in [2.24, 2.45) is 4.99 Å². The van der Waals surface area contributed by atoms with Gasteiger partial charge in [-0.15, -0.1) is 0 Å². The quantitative estimate of drug-likeness (QED) is 0.432. The molecule has 1 atom stereocenters. The summed E-state index contributed by atoms with van der Waals surface area (Å²) >= 11 is 0. The highest BCUT2D eigenvalue weighted by Gasteiger charge is 2.24. The molecule has 0 saturated carbocycles. The van der Waals surface area contributed by atoms with Gasteiger partial charge in [0.25, 0.3) is 0 Å². The van der Waals surface area contributed by atoms with E-state index < -0.39 is 0 Å². The van der Waals surface area contributed by atoms with E-state index in [9.17, 15) is 0 Å². The molecular formula is C24H32N6O. The molecule has 3 heterocycles. The summed E-state index contributed by atoms with van der Waals surface area (Å²) in [5.41, 5.74) is 2.35. The maximum atomic E-state index is 5.74. The Labute approximate surface area is 184 Å². The van der Waals surface area contributed by atoms with Crippen LogP contribution >= 0.6 is 0 Å². The number of aliphatic imine (C=N–C) groups is 1. The zero-order chi connectivity index (χ0) is 21.3. The van der Waals surface area contributed by atoms with Crippen molar-refractivity contribution >= 4 is 5.96 Å². The second kappa shape index (κ2) is 10.8. The fourth-order valence-corrected chi connectivity index (χ4v) is 4.10. The van der Waals surface area contributed by atoms with Crippen LogP contribution in [0.4, 0.5) is 0 Å². The molecule has 31 heavy (non-hydrogen) atoms. The zero-order valence-electron chi connectivity index (χ0n) is 18.2. The van der Waals surface area contributed by atoms with Gasteiger partial charge in [0.2, 0.25) is 0 Å². The van der Waals surface area contributed by atoms with E-state index in [-0.39, 0.29) is 6.04 Å². The van der Waals surface area contributed by atoms with Gasteiger partial charge in [0.1, 0.15) is 5.76 Å². The lowest BCUT2D eigenvalue weighted by molar-refractivity contribution is 0.146. The molecular weight excluding hydrogens is 388 g/mol. The van der Waals surface area contributed by atoms with Crippen LogP contribution in [0.15, 0.2) is 70.5 Å². The van der Waals surface area contributed by atoms with Crippen molar-refractivity contribution in [1.82, 2.24) is 25.3 Å². The number of nitrogens with zero attached hydrogens (tertiary/aromatic N) is 4. The number of benzene rings is 1. The van der Waals surface area contributed by atoms with E-state index >= 15 is 0 Å². The van der Waals surface area contributed by atoms with E-state index in [0.717, 1.165) is 50.0 Å². The molecule has 0 amide bonds. The Morgan fingerprint density at radius 3 is 2.61 bits per heavy atom. The van der Waals surface area contributed by atoms with Crippen LogP contribution in [0.2, 0.25) is 0 Å². The predicted octanol–water partition coefficient (Wildman–Crippen LogP) is 3.40. The van der Waals surface area contributed by atoms with Crippen molar-refractivity contribution in [3.8, 4) is 5.69 Å². The van der Waals surface area contributed by atoms with Crippen LogP contribution in [0.3, 0.4) is 0 Å². The van der Waals surface area contributed by atoms with Crippen molar-refractivity contribution in [3.63, 3.8) is 0 Å². The first-order chi connectivity index (χ1) is 15.3. The van der Waals surface area contributed by atoms with Gasteiger partial charge in [-0.25, -0.2) is 4.68 Å².